The van der Waals surface area contributed by atoms with Crippen LogP contribution in [-0.4, -0.2) is 45.9 Å². The van der Waals surface area contributed by atoms with Gasteiger partial charge in [0.1, 0.15) is 0 Å². The van der Waals surface area contributed by atoms with Crippen molar-refractivity contribution in [3.8, 4) is 5.69 Å². The highest BCUT2D eigenvalue weighted by Gasteiger charge is 2.39. The second kappa shape index (κ2) is 5.98. The molecule has 1 saturated heterocycles. The lowest BCUT2D eigenvalue weighted by atomic mass is 10.1. The number of hydrogen-bond donors (Lipinski definition) is 0. The van der Waals surface area contributed by atoms with E-state index >= 15 is 0 Å². The standard InChI is InChI=1S/C17H18ClN3O2/c18-12-3-1-4-13(11-12)21-8-7-14(19-21)17(22)20-9-10-23-16-6-2-5-15(16)20/h1,3-4,7-8,11,15-16H,2,5-6,9-10H2/t15-,16-/m1/s1. The van der Waals surface area contributed by atoms with Crippen molar-refractivity contribution < 1.29 is 9.53 Å². The molecule has 23 heavy (non-hydrogen) atoms. The van der Waals surface area contributed by atoms with E-state index in [2.05, 4.69) is 5.10 Å². The van der Waals surface area contributed by atoms with E-state index in [1.54, 1.807) is 16.9 Å². The molecule has 120 valence electrons. The molecule has 1 aliphatic carbocycles. The van der Waals surface area contributed by atoms with Gasteiger partial charge >= 0.3 is 0 Å². The van der Waals surface area contributed by atoms with Gasteiger partial charge in [-0.3, -0.25) is 4.79 Å². The molecule has 2 atom stereocenters. The fraction of sp³-hybridized carbons (Fsp3) is 0.412. The molecule has 0 unspecified atom stereocenters. The van der Waals surface area contributed by atoms with Gasteiger partial charge in [0.2, 0.25) is 0 Å². The quantitative estimate of drug-likeness (QED) is 0.850. The number of fused-ring (bicyclic) bond motifs is 1. The third kappa shape index (κ3) is 2.75. The zero-order valence-electron chi connectivity index (χ0n) is 12.7. The number of aromatic nitrogens is 2. The summed E-state index contributed by atoms with van der Waals surface area (Å²) < 4.78 is 7.46. The van der Waals surface area contributed by atoms with Gasteiger partial charge in [0, 0.05) is 17.8 Å². The van der Waals surface area contributed by atoms with Crippen LogP contribution in [0.1, 0.15) is 29.8 Å². The van der Waals surface area contributed by atoms with Crippen molar-refractivity contribution in [2.45, 2.75) is 31.4 Å². The number of amides is 1. The summed E-state index contributed by atoms with van der Waals surface area (Å²) in [6, 6.07) is 9.38. The van der Waals surface area contributed by atoms with E-state index in [1.165, 1.54) is 0 Å². The van der Waals surface area contributed by atoms with Crippen LogP contribution in [0.4, 0.5) is 0 Å². The first-order valence-corrected chi connectivity index (χ1v) is 8.34. The van der Waals surface area contributed by atoms with Gasteiger partial charge in [0.05, 0.1) is 24.4 Å². The summed E-state index contributed by atoms with van der Waals surface area (Å²) >= 11 is 6.02. The van der Waals surface area contributed by atoms with Crippen molar-refractivity contribution in [3.63, 3.8) is 0 Å². The van der Waals surface area contributed by atoms with Crippen molar-refractivity contribution in [1.29, 1.82) is 0 Å². The molecule has 2 aromatic rings. The van der Waals surface area contributed by atoms with E-state index in [9.17, 15) is 4.79 Å². The molecule has 0 bridgehead atoms. The van der Waals surface area contributed by atoms with Gasteiger partial charge in [-0.05, 0) is 43.5 Å². The highest BCUT2D eigenvalue weighted by atomic mass is 35.5. The first-order valence-electron chi connectivity index (χ1n) is 7.96. The Kier molecular flexibility index (Phi) is 3.83. The summed E-state index contributed by atoms with van der Waals surface area (Å²) in [5.41, 5.74) is 1.31. The predicted molar refractivity (Wildman–Crippen MR) is 87.0 cm³/mol. The minimum Gasteiger partial charge on any atom is -0.374 e. The highest BCUT2D eigenvalue weighted by molar-refractivity contribution is 6.30. The lowest BCUT2D eigenvalue weighted by Gasteiger charge is -2.37. The average molecular weight is 332 g/mol. The molecule has 1 saturated carbocycles. The molecule has 1 aliphatic heterocycles. The van der Waals surface area contributed by atoms with Crippen LogP contribution >= 0.6 is 11.6 Å². The molecule has 6 heteroatoms. The Morgan fingerprint density at radius 3 is 3.09 bits per heavy atom. The zero-order valence-corrected chi connectivity index (χ0v) is 13.4. The molecule has 2 fully saturated rings. The number of hydrogen-bond acceptors (Lipinski definition) is 3. The Balaban J connectivity index is 1.57. The average Bonchev–Trinajstić information content (AvgIpc) is 3.23. The Labute approximate surface area is 139 Å². The summed E-state index contributed by atoms with van der Waals surface area (Å²) in [5.74, 6) is -0.00835. The van der Waals surface area contributed by atoms with Crippen molar-refractivity contribution in [2.75, 3.05) is 13.2 Å². The van der Waals surface area contributed by atoms with Gasteiger partial charge in [0.15, 0.2) is 5.69 Å². The number of benzene rings is 1. The first-order chi connectivity index (χ1) is 11.2. The van der Waals surface area contributed by atoms with Gasteiger partial charge in [-0.1, -0.05) is 17.7 Å². The third-order valence-electron chi connectivity index (χ3n) is 4.62. The van der Waals surface area contributed by atoms with Gasteiger partial charge in [-0.25, -0.2) is 4.68 Å². The second-order valence-corrected chi connectivity index (χ2v) is 6.47. The van der Waals surface area contributed by atoms with Crippen molar-refractivity contribution in [1.82, 2.24) is 14.7 Å². The maximum atomic E-state index is 12.8. The van der Waals surface area contributed by atoms with E-state index in [1.807, 2.05) is 29.2 Å². The molecule has 0 N–H and O–H groups in total. The summed E-state index contributed by atoms with van der Waals surface area (Å²) in [4.78, 5) is 14.8. The largest absolute Gasteiger partial charge is 0.374 e. The fourth-order valence-corrected chi connectivity index (χ4v) is 3.71. The van der Waals surface area contributed by atoms with Gasteiger partial charge in [-0.15, -0.1) is 0 Å². The first kappa shape index (κ1) is 14.7. The molecule has 5 nitrogen and oxygen atoms in total. The van der Waals surface area contributed by atoms with E-state index < -0.39 is 0 Å². The highest BCUT2D eigenvalue weighted by Crippen LogP contribution is 2.30. The van der Waals surface area contributed by atoms with Gasteiger partial charge in [-0.2, -0.15) is 5.10 Å². The molecule has 1 aromatic heterocycles. The van der Waals surface area contributed by atoms with E-state index in [0.29, 0.717) is 23.9 Å². The summed E-state index contributed by atoms with van der Waals surface area (Å²) in [6.07, 6.45) is 5.18. The Morgan fingerprint density at radius 1 is 1.30 bits per heavy atom. The molecule has 1 aromatic carbocycles. The fourth-order valence-electron chi connectivity index (χ4n) is 3.53. The van der Waals surface area contributed by atoms with E-state index in [4.69, 9.17) is 16.3 Å². The molecule has 4 rings (SSSR count). The molecule has 1 amide bonds. The van der Waals surface area contributed by atoms with Crippen LogP contribution in [0, 0.1) is 0 Å². The topological polar surface area (TPSA) is 47.4 Å². The molecule has 2 aliphatic rings. The zero-order chi connectivity index (χ0) is 15.8. The SMILES string of the molecule is O=C(c1ccn(-c2cccc(Cl)c2)n1)N1CCO[C@@H]2CCC[C@H]21. The maximum Gasteiger partial charge on any atom is 0.274 e. The summed E-state index contributed by atoms with van der Waals surface area (Å²) in [6.45, 7) is 1.26. The van der Waals surface area contributed by atoms with Crippen LogP contribution in [0.3, 0.4) is 0 Å². The van der Waals surface area contributed by atoms with E-state index in [0.717, 1.165) is 24.9 Å². The molecule has 0 radical (unpaired) electrons. The van der Waals surface area contributed by atoms with Crippen molar-refractivity contribution in [3.05, 3.63) is 47.2 Å². The number of carbonyl (C=O) groups excluding carboxylic acids is 1. The van der Waals surface area contributed by atoms with Crippen molar-refractivity contribution >= 4 is 17.5 Å². The molecule has 2 heterocycles. The van der Waals surface area contributed by atoms with Gasteiger partial charge in [0.25, 0.3) is 5.91 Å². The van der Waals surface area contributed by atoms with Crippen LogP contribution in [-0.2, 0) is 4.74 Å². The Bertz CT molecular complexity index is 730. The van der Waals surface area contributed by atoms with E-state index in [-0.39, 0.29) is 18.1 Å². The summed E-state index contributed by atoms with van der Waals surface area (Å²) in [5, 5.41) is 5.08. The Morgan fingerprint density at radius 2 is 2.22 bits per heavy atom. The normalized spacial score (nSPS) is 23.8. The summed E-state index contributed by atoms with van der Waals surface area (Å²) in [7, 11) is 0. The predicted octanol–water partition coefficient (Wildman–Crippen LogP) is 2.92. The monoisotopic (exact) mass is 331 g/mol. The lowest BCUT2D eigenvalue weighted by molar-refractivity contribution is -0.0447. The lowest BCUT2D eigenvalue weighted by Crippen LogP contribution is -2.51. The Hall–Kier alpha value is -1.85. The number of rotatable bonds is 2. The molecular weight excluding hydrogens is 314 g/mol. The maximum absolute atomic E-state index is 12.8. The number of halogens is 1. The van der Waals surface area contributed by atoms with Crippen LogP contribution in [0.2, 0.25) is 5.02 Å². The number of morpholine rings is 1. The molecular formula is C17H18ClN3O2. The second-order valence-electron chi connectivity index (χ2n) is 6.03. The number of nitrogens with zero attached hydrogens (tertiary/aromatic N) is 3. The minimum absolute atomic E-state index is 0.00835. The van der Waals surface area contributed by atoms with Crippen LogP contribution in [0.15, 0.2) is 36.5 Å². The number of carbonyl (C=O) groups is 1. The smallest absolute Gasteiger partial charge is 0.274 e. The minimum atomic E-state index is -0.00835. The number of ether oxygens (including phenoxy) is 1. The third-order valence-corrected chi connectivity index (χ3v) is 4.86. The van der Waals surface area contributed by atoms with Crippen LogP contribution in [0.25, 0.3) is 5.69 Å². The molecule has 0 spiro atoms. The van der Waals surface area contributed by atoms with Crippen molar-refractivity contribution in [2.24, 2.45) is 0 Å². The van der Waals surface area contributed by atoms with Crippen LogP contribution in [0.5, 0.6) is 0 Å². The van der Waals surface area contributed by atoms with Crippen LogP contribution < -0.4 is 0 Å². The van der Waals surface area contributed by atoms with Gasteiger partial charge < -0.3 is 9.64 Å².